The van der Waals surface area contributed by atoms with E-state index < -0.39 is 5.97 Å². The van der Waals surface area contributed by atoms with Gasteiger partial charge < -0.3 is 15.3 Å². The van der Waals surface area contributed by atoms with Crippen molar-refractivity contribution in [2.75, 3.05) is 39.3 Å². The Hall–Kier alpha value is -1.14. The van der Waals surface area contributed by atoms with Crippen LogP contribution in [0.4, 0.5) is 0 Å². The smallest absolute Gasteiger partial charge is 0.317 e. The maximum atomic E-state index is 12.1. The van der Waals surface area contributed by atoms with Crippen LogP contribution in [0.15, 0.2) is 0 Å². The lowest BCUT2D eigenvalue weighted by atomic mass is 10.2. The van der Waals surface area contributed by atoms with Crippen molar-refractivity contribution in [1.29, 1.82) is 0 Å². The van der Waals surface area contributed by atoms with Gasteiger partial charge in [-0.1, -0.05) is 6.92 Å². The molecule has 110 valence electrons. The molecule has 6 nitrogen and oxygen atoms in total. The molecule has 1 rings (SSSR count). The number of carboxylic acid groups (broad SMARTS) is 1. The average molecular weight is 271 g/mol. The van der Waals surface area contributed by atoms with Gasteiger partial charge in [0.05, 0.1) is 6.54 Å². The number of rotatable bonds is 6. The number of carbonyl (C=O) groups is 2. The molecule has 1 heterocycles. The van der Waals surface area contributed by atoms with Crippen molar-refractivity contribution >= 4 is 11.9 Å². The number of aliphatic carboxylic acids is 1. The monoisotopic (exact) mass is 271 g/mol. The van der Waals surface area contributed by atoms with E-state index in [2.05, 4.69) is 5.32 Å². The fourth-order valence-electron chi connectivity index (χ4n) is 2.38. The van der Waals surface area contributed by atoms with Crippen molar-refractivity contribution < 1.29 is 14.7 Å². The minimum atomic E-state index is -0.805. The molecule has 6 heteroatoms. The topological polar surface area (TPSA) is 72.9 Å². The molecule has 0 aliphatic carbocycles. The summed E-state index contributed by atoms with van der Waals surface area (Å²) in [4.78, 5) is 26.5. The molecule has 1 amide bonds. The Labute approximate surface area is 114 Å². The number of carboxylic acids is 1. The van der Waals surface area contributed by atoms with E-state index >= 15 is 0 Å². The lowest BCUT2D eigenvalue weighted by molar-refractivity contribution is -0.138. The van der Waals surface area contributed by atoms with Crippen molar-refractivity contribution in [1.82, 2.24) is 15.1 Å². The first-order chi connectivity index (χ1) is 9.02. The third kappa shape index (κ3) is 6.02. The molecule has 0 bridgehead atoms. The number of hydrogen-bond donors (Lipinski definition) is 2. The molecule has 0 aromatic rings. The van der Waals surface area contributed by atoms with Crippen LogP contribution in [0.3, 0.4) is 0 Å². The molecular formula is C13H25N3O3. The Kier molecular flexibility index (Phi) is 6.80. The first kappa shape index (κ1) is 15.9. The number of nitrogens with one attached hydrogen (secondary N) is 1. The number of hydrogen-bond acceptors (Lipinski definition) is 4. The highest BCUT2D eigenvalue weighted by atomic mass is 16.4. The van der Waals surface area contributed by atoms with Gasteiger partial charge in [-0.15, -0.1) is 0 Å². The average Bonchev–Trinajstić information content (AvgIpc) is 2.54. The quantitative estimate of drug-likeness (QED) is 0.711. The van der Waals surface area contributed by atoms with E-state index in [0.29, 0.717) is 19.5 Å². The summed E-state index contributed by atoms with van der Waals surface area (Å²) < 4.78 is 0. The van der Waals surface area contributed by atoms with Gasteiger partial charge in [0.15, 0.2) is 0 Å². The normalized spacial score (nSPS) is 18.9. The van der Waals surface area contributed by atoms with Crippen LogP contribution in [0.25, 0.3) is 0 Å². The zero-order valence-electron chi connectivity index (χ0n) is 11.9. The van der Waals surface area contributed by atoms with Crippen LogP contribution in [0.2, 0.25) is 0 Å². The van der Waals surface area contributed by atoms with Crippen molar-refractivity contribution in [2.24, 2.45) is 0 Å². The largest absolute Gasteiger partial charge is 0.480 e. The van der Waals surface area contributed by atoms with E-state index in [1.807, 2.05) is 23.6 Å². The Balaban J connectivity index is 2.39. The van der Waals surface area contributed by atoms with E-state index in [9.17, 15) is 9.59 Å². The van der Waals surface area contributed by atoms with Crippen molar-refractivity contribution in [3.63, 3.8) is 0 Å². The van der Waals surface area contributed by atoms with Crippen LogP contribution in [0.1, 0.15) is 26.7 Å². The molecule has 1 unspecified atom stereocenters. The Morgan fingerprint density at radius 2 is 2.00 bits per heavy atom. The minimum Gasteiger partial charge on any atom is -0.480 e. The molecule has 2 N–H and O–H groups in total. The Bertz CT molecular complexity index is 310. The molecule has 0 aromatic carbocycles. The maximum Gasteiger partial charge on any atom is 0.317 e. The number of nitrogens with zero attached hydrogens (tertiary/aromatic N) is 2. The summed E-state index contributed by atoms with van der Waals surface area (Å²) in [7, 11) is 0. The molecule has 0 spiro atoms. The molecule has 1 atom stereocenters. The van der Waals surface area contributed by atoms with Crippen LogP contribution in [0.5, 0.6) is 0 Å². The first-order valence-corrected chi connectivity index (χ1v) is 6.98. The van der Waals surface area contributed by atoms with Crippen LogP contribution >= 0.6 is 0 Å². The molecule has 1 aliphatic rings. The highest BCUT2D eigenvalue weighted by Gasteiger charge is 2.21. The molecule has 1 fully saturated rings. The molecule has 1 saturated heterocycles. The molecule has 0 radical (unpaired) electrons. The van der Waals surface area contributed by atoms with Crippen LogP contribution in [-0.2, 0) is 9.59 Å². The highest BCUT2D eigenvalue weighted by molar-refractivity contribution is 5.76. The summed E-state index contributed by atoms with van der Waals surface area (Å²) in [6.45, 7) is 7.72. The van der Waals surface area contributed by atoms with Crippen LogP contribution in [0, 0.1) is 0 Å². The fourth-order valence-corrected chi connectivity index (χ4v) is 2.38. The van der Waals surface area contributed by atoms with Crippen molar-refractivity contribution in [3.05, 3.63) is 0 Å². The Morgan fingerprint density at radius 1 is 1.26 bits per heavy atom. The van der Waals surface area contributed by atoms with Gasteiger partial charge in [-0.05, 0) is 19.9 Å². The lowest BCUT2D eigenvalue weighted by Gasteiger charge is -2.23. The van der Waals surface area contributed by atoms with Crippen LogP contribution in [-0.4, -0.2) is 72.1 Å². The summed E-state index contributed by atoms with van der Waals surface area (Å²) in [6, 6.07) is 0.191. The van der Waals surface area contributed by atoms with Gasteiger partial charge in [-0.2, -0.15) is 0 Å². The standard InChI is InChI=1S/C13H25N3O3/c1-3-14-11(2)9-12(17)16-6-4-5-15(7-8-16)10-13(18)19/h11,14H,3-10H2,1-2H3,(H,18,19). The summed E-state index contributed by atoms with van der Waals surface area (Å²) >= 11 is 0. The van der Waals surface area contributed by atoms with Crippen LogP contribution < -0.4 is 5.32 Å². The third-order valence-electron chi connectivity index (χ3n) is 3.33. The second-order valence-corrected chi connectivity index (χ2v) is 5.07. The maximum absolute atomic E-state index is 12.1. The van der Waals surface area contributed by atoms with Crippen molar-refractivity contribution in [2.45, 2.75) is 32.7 Å². The zero-order chi connectivity index (χ0) is 14.3. The summed E-state index contributed by atoms with van der Waals surface area (Å²) in [5, 5.41) is 12.0. The lowest BCUT2D eigenvalue weighted by Crippen LogP contribution is -2.39. The number of amides is 1. The Morgan fingerprint density at radius 3 is 2.63 bits per heavy atom. The predicted octanol–water partition coefficient (Wildman–Crippen LogP) is -0.00660. The predicted molar refractivity (Wildman–Crippen MR) is 73.0 cm³/mol. The van der Waals surface area contributed by atoms with Gasteiger partial charge in [0, 0.05) is 38.6 Å². The van der Waals surface area contributed by atoms with E-state index in [0.717, 1.165) is 26.1 Å². The first-order valence-electron chi connectivity index (χ1n) is 6.98. The molecule has 0 saturated carbocycles. The van der Waals surface area contributed by atoms with Gasteiger partial charge in [0.25, 0.3) is 0 Å². The van der Waals surface area contributed by atoms with E-state index in [1.165, 1.54) is 0 Å². The SMILES string of the molecule is CCNC(C)CC(=O)N1CCCN(CC(=O)O)CC1. The molecular weight excluding hydrogens is 246 g/mol. The summed E-state index contributed by atoms with van der Waals surface area (Å²) in [6.07, 6.45) is 1.35. The third-order valence-corrected chi connectivity index (χ3v) is 3.33. The molecule has 1 aliphatic heterocycles. The fraction of sp³-hybridized carbons (Fsp3) is 0.846. The van der Waals surface area contributed by atoms with Gasteiger partial charge in [0.2, 0.25) is 5.91 Å². The molecule has 19 heavy (non-hydrogen) atoms. The second-order valence-electron chi connectivity index (χ2n) is 5.07. The van der Waals surface area contributed by atoms with E-state index in [1.54, 1.807) is 0 Å². The molecule has 0 aromatic heterocycles. The van der Waals surface area contributed by atoms with E-state index in [4.69, 9.17) is 5.11 Å². The summed E-state index contributed by atoms with van der Waals surface area (Å²) in [5.74, 6) is -0.647. The zero-order valence-corrected chi connectivity index (χ0v) is 11.9. The summed E-state index contributed by atoms with van der Waals surface area (Å²) in [5.41, 5.74) is 0. The van der Waals surface area contributed by atoms with Gasteiger partial charge in [-0.25, -0.2) is 0 Å². The van der Waals surface area contributed by atoms with E-state index in [-0.39, 0.29) is 18.5 Å². The van der Waals surface area contributed by atoms with Gasteiger partial charge in [-0.3, -0.25) is 14.5 Å². The number of carbonyl (C=O) groups excluding carboxylic acids is 1. The second kappa shape index (κ2) is 8.12. The van der Waals surface area contributed by atoms with Gasteiger partial charge in [0.1, 0.15) is 0 Å². The highest BCUT2D eigenvalue weighted by Crippen LogP contribution is 2.06. The van der Waals surface area contributed by atoms with Gasteiger partial charge >= 0.3 is 5.97 Å². The van der Waals surface area contributed by atoms with Crippen molar-refractivity contribution in [3.8, 4) is 0 Å². The minimum absolute atomic E-state index is 0.0653.